The molecule has 3 aromatic carbocycles. The topological polar surface area (TPSA) is 57.1 Å². The van der Waals surface area contributed by atoms with Crippen molar-refractivity contribution in [1.29, 1.82) is 0 Å². The Morgan fingerprint density at radius 1 is 0.828 bits per heavy atom. The summed E-state index contributed by atoms with van der Waals surface area (Å²) in [6.45, 7) is 0. The highest BCUT2D eigenvalue weighted by atomic mass is 16.6. The van der Waals surface area contributed by atoms with Crippen LogP contribution in [0.2, 0.25) is 0 Å². The molecule has 4 rings (SSSR count). The van der Waals surface area contributed by atoms with Gasteiger partial charge in [0.2, 0.25) is 5.90 Å². The van der Waals surface area contributed by atoms with E-state index in [1.807, 2.05) is 54.6 Å². The number of carbonyl (C=O) groups is 1. The molecule has 0 unspecified atom stereocenters. The molecule has 0 saturated heterocycles. The number of cyclic esters (lactones) is 1. The minimum Gasteiger partial charge on any atom is -0.497 e. The third kappa shape index (κ3) is 3.89. The molecular weight excluding hydrogens is 366 g/mol. The Bertz CT molecular complexity index is 1100. The maximum atomic E-state index is 12.3. The molecule has 29 heavy (non-hydrogen) atoms. The Kier molecular flexibility index (Phi) is 5.12. The van der Waals surface area contributed by atoms with Gasteiger partial charge in [-0.25, -0.2) is 9.79 Å². The third-order valence-electron chi connectivity index (χ3n) is 4.59. The number of hydrogen-bond donors (Lipinski definition) is 0. The smallest absolute Gasteiger partial charge is 0.363 e. The summed E-state index contributed by atoms with van der Waals surface area (Å²) in [4.78, 5) is 16.7. The number of benzene rings is 3. The van der Waals surface area contributed by atoms with Crippen LogP contribution in [0.25, 0.3) is 17.2 Å². The molecule has 0 fully saturated rings. The standard InChI is InChI=1S/C24H19NO4/c1-27-20-12-13-22(28-2)19(14-20)15-21-24(26)29-23(25-21)18-10-8-17(9-11-18)16-6-4-3-5-7-16/h3-15H,1-2H3/b21-15+. The van der Waals surface area contributed by atoms with Gasteiger partial charge in [-0.3, -0.25) is 0 Å². The van der Waals surface area contributed by atoms with Crippen LogP contribution in [0.5, 0.6) is 11.5 Å². The van der Waals surface area contributed by atoms with Crippen LogP contribution >= 0.6 is 0 Å². The van der Waals surface area contributed by atoms with Crippen molar-refractivity contribution in [2.45, 2.75) is 0 Å². The van der Waals surface area contributed by atoms with Gasteiger partial charge in [0.1, 0.15) is 11.5 Å². The monoisotopic (exact) mass is 385 g/mol. The first-order valence-corrected chi connectivity index (χ1v) is 9.08. The third-order valence-corrected chi connectivity index (χ3v) is 4.59. The first-order chi connectivity index (χ1) is 14.2. The van der Waals surface area contributed by atoms with Crippen LogP contribution in [0.1, 0.15) is 11.1 Å². The van der Waals surface area contributed by atoms with Gasteiger partial charge in [-0.1, -0.05) is 42.5 Å². The molecule has 0 amide bonds. The highest BCUT2D eigenvalue weighted by Gasteiger charge is 2.24. The first kappa shape index (κ1) is 18.5. The van der Waals surface area contributed by atoms with Crippen LogP contribution < -0.4 is 9.47 Å². The average Bonchev–Trinajstić information content (AvgIpc) is 3.14. The molecule has 0 N–H and O–H groups in total. The summed E-state index contributed by atoms with van der Waals surface area (Å²) in [5.74, 6) is 1.05. The van der Waals surface area contributed by atoms with Crippen molar-refractivity contribution in [2.24, 2.45) is 4.99 Å². The summed E-state index contributed by atoms with van der Waals surface area (Å²) in [7, 11) is 3.15. The van der Waals surface area contributed by atoms with Gasteiger partial charge in [0, 0.05) is 11.1 Å². The Hall–Kier alpha value is -3.86. The summed E-state index contributed by atoms with van der Waals surface area (Å²) >= 11 is 0. The number of esters is 1. The van der Waals surface area contributed by atoms with E-state index in [-0.39, 0.29) is 11.6 Å². The van der Waals surface area contributed by atoms with E-state index in [1.54, 1.807) is 38.5 Å². The Morgan fingerprint density at radius 2 is 1.52 bits per heavy atom. The van der Waals surface area contributed by atoms with E-state index in [1.165, 1.54) is 0 Å². The molecule has 5 heteroatoms. The molecule has 1 aliphatic heterocycles. The van der Waals surface area contributed by atoms with E-state index in [2.05, 4.69) is 4.99 Å². The summed E-state index contributed by atoms with van der Waals surface area (Å²) in [6.07, 6.45) is 1.63. The predicted molar refractivity (Wildman–Crippen MR) is 112 cm³/mol. The van der Waals surface area contributed by atoms with Gasteiger partial charge in [0.05, 0.1) is 14.2 Å². The van der Waals surface area contributed by atoms with Gasteiger partial charge in [-0.05, 0) is 47.5 Å². The highest BCUT2D eigenvalue weighted by Crippen LogP contribution is 2.28. The molecule has 0 radical (unpaired) electrons. The molecule has 5 nitrogen and oxygen atoms in total. The maximum Gasteiger partial charge on any atom is 0.363 e. The summed E-state index contributed by atoms with van der Waals surface area (Å²) in [6, 6.07) is 23.2. The van der Waals surface area contributed by atoms with E-state index in [0.29, 0.717) is 17.1 Å². The molecule has 0 spiro atoms. The number of nitrogens with zero attached hydrogens (tertiary/aromatic N) is 1. The largest absolute Gasteiger partial charge is 0.497 e. The van der Waals surface area contributed by atoms with Crippen LogP contribution in [0.3, 0.4) is 0 Å². The van der Waals surface area contributed by atoms with E-state index in [0.717, 1.165) is 16.7 Å². The van der Waals surface area contributed by atoms with Crippen molar-refractivity contribution in [3.63, 3.8) is 0 Å². The van der Waals surface area contributed by atoms with Crippen molar-refractivity contribution in [3.05, 3.63) is 89.6 Å². The van der Waals surface area contributed by atoms with Crippen LogP contribution in [0.4, 0.5) is 0 Å². The lowest BCUT2D eigenvalue weighted by molar-refractivity contribution is -0.129. The second-order valence-electron chi connectivity index (χ2n) is 6.39. The SMILES string of the molecule is COc1ccc(OC)c(/C=C2/N=C(c3ccc(-c4ccccc4)cc3)OC2=O)c1. The van der Waals surface area contributed by atoms with Crippen molar-refractivity contribution < 1.29 is 19.0 Å². The van der Waals surface area contributed by atoms with E-state index >= 15 is 0 Å². The molecule has 1 heterocycles. The van der Waals surface area contributed by atoms with Crippen LogP contribution in [-0.4, -0.2) is 26.1 Å². The molecular formula is C24H19NO4. The van der Waals surface area contributed by atoms with Crippen molar-refractivity contribution in [2.75, 3.05) is 14.2 Å². The minimum atomic E-state index is -0.503. The molecule has 0 atom stereocenters. The van der Waals surface area contributed by atoms with Crippen molar-refractivity contribution >= 4 is 17.9 Å². The second-order valence-corrected chi connectivity index (χ2v) is 6.39. The number of hydrogen-bond acceptors (Lipinski definition) is 5. The van der Waals surface area contributed by atoms with Gasteiger partial charge >= 0.3 is 5.97 Å². The van der Waals surface area contributed by atoms with Gasteiger partial charge in [0.15, 0.2) is 5.70 Å². The number of aliphatic imine (C=N–C) groups is 1. The average molecular weight is 385 g/mol. The van der Waals surface area contributed by atoms with E-state index in [9.17, 15) is 4.79 Å². The van der Waals surface area contributed by atoms with Gasteiger partial charge < -0.3 is 14.2 Å². The molecule has 144 valence electrons. The van der Waals surface area contributed by atoms with Gasteiger partial charge in [-0.2, -0.15) is 0 Å². The summed E-state index contributed by atoms with van der Waals surface area (Å²) in [5.41, 5.74) is 3.83. The van der Waals surface area contributed by atoms with Crippen LogP contribution in [-0.2, 0) is 9.53 Å². The lowest BCUT2D eigenvalue weighted by Gasteiger charge is -2.07. The lowest BCUT2D eigenvalue weighted by Crippen LogP contribution is -2.05. The van der Waals surface area contributed by atoms with Crippen molar-refractivity contribution in [3.8, 4) is 22.6 Å². The highest BCUT2D eigenvalue weighted by molar-refractivity contribution is 6.13. The summed E-state index contributed by atoms with van der Waals surface area (Å²) < 4.78 is 16.0. The molecule has 1 aliphatic rings. The predicted octanol–water partition coefficient (Wildman–Crippen LogP) is 4.72. The summed E-state index contributed by atoms with van der Waals surface area (Å²) in [5, 5.41) is 0. The molecule has 0 saturated carbocycles. The Balaban J connectivity index is 1.63. The van der Waals surface area contributed by atoms with Crippen LogP contribution in [0, 0.1) is 0 Å². The van der Waals surface area contributed by atoms with E-state index in [4.69, 9.17) is 14.2 Å². The molecule has 0 aromatic heterocycles. The van der Waals surface area contributed by atoms with Gasteiger partial charge in [0.25, 0.3) is 0 Å². The molecule has 3 aromatic rings. The fourth-order valence-corrected chi connectivity index (χ4v) is 3.07. The Morgan fingerprint density at radius 3 is 2.21 bits per heavy atom. The zero-order valence-electron chi connectivity index (χ0n) is 16.1. The fourth-order valence-electron chi connectivity index (χ4n) is 3.07. The quantitative estimate of drug-likeness (QED) is 0.471. The number of carbonyl (C=O) groups excluding carboxylic acids is 1. The fraction of sp³-hybridized carbons (Fsp3) is 0.0833. The Labute approximate surface area is 168 Å². The number of ether oxygens (including phenoxy) is 3. The maximum absolute atomic E-state index is 12.3. The minimum absolute atomic E-state index is 0.207. The van der Waals surface area contributed by atoms with Crippen LogP contribution in [0.15, 0.2) is 83.5 Å². The lowest BCUT2D eigenvalue weighted by atomic mass is 10.0. The van der Waals surface area contributed by atoms with Gasteiger partial charge in [-0.15, -0.1) is 0 Å². The van der Waals surface area contributed by atoms with Crippen molar-refractivity contribution in [1.82, 2.24) is 0 Å². The molecule has 0 aliphatic carbocycles. The zero-order valence-corrected chi connectivity index (χ0v) is 16.1. The normalized spacial score (nSPS) is 14.5. The van der Waals surface area contributed by atoms with E-state index < -0.39 is 5.97 Å². The molecule has 0 bridgehead atoms. The number of rotatable bonds is 5. The first-order valence-electron chi connectivity index (χ1n) is 9.08. The number of methoxy groups -OCH3 is 2. The second kappa shape index (κ2) is 8.02. The zero-order chi connectivity index (χ0) is 20.2.